The average molecular weight is 212 g/mol. The third-order valence-corrected chi connectivity index (χ3v) is 4.05. The molecule has 1 saturated carbocycles. The van der Waals surface area contributed by atoms with Crippen molar-refractivity contribution in [2.24, 2.45) is 5.92 Å². The van der Waals surface area contributed by atoms with Crippen molar-refractivity contribution in [2.45, 2.75) is 58.8 Å². The van der Waals surface area contributed by atoms with Crippen LogP contribution in [0.1, 0.15) is 58.8 Å². The van der Waals surface area contributed by atoms with Gasteiger partial charge in [0.2, 0.25) is 0 Å². The van der Waals surface area contributed by atoms with Crippen LogP contribution < -0.4 is 0 Å². The standard InChI is InChI=1S/C13H25P/c1-3-5-11(2)13(10-14)9-8-12-6-4-7-12/h12H,3-10,14H2,1-2H3/b13-11+. The second kappa shape index (κ2) is 6.62. The number of rotatable bonds is 6. The molecule has 1 unspecified atom stereocenters. The molecular weight excluding hydrogens is 187 g/mol. The topological polar surface area (TPSA) is 0 Å². The molecule has 82 valence electrons. The van der Waals surface area contributed by atoms with Crippen LogP contribution in [0.25, 0.3) is 0 Å². The number of allylic oxidation sites excluding steroid dienone is 2. The Labute approximate surface area is 91.8 Å². The van der Waals surface area contributed by atoms with Crippen molar-refractivity contribution < 1.29 is 0 Å². The Morgan fingerprint density at radius 2 is 2.00 bits per heavy atom. The average Bonchev–Trinajstić information content (AvgIpc) is 2.09. The summed E-state index contributed by atoms with van der Waals surface area (Å²) in [6.45, 7) is 4.60. The lowest BCUT2D eigenvalue weighted by atomic mass is 9.81. The van der Waals surface area contributed by atoms with Crippen molar-refractivity contribution >= 4 is 9.24 Å². The highest BCUT2D eigenvalue weighted by atomic mass is 31.0. The lowest BCUT2D eigenvalue weighted by Gasteiger charge is -2.25. The van der Waals surface area contributed by atoms with Gasteiger partial charge in [0, 0.05) is 0 Å². The van der Waals surface area contributed by atoms with Crippen LogP contribution in [-0.4, -0.2) is 6.16 Å². The van der Waals surface area contributed by atoms with Crippen LogP contribution in [0, 0.1) is 5.92 Å². The van der Waals surface area contributed by atoms with Gasteiger partial charge in [0.1, 0.15) is 0 Å². The van der Waals surface area contributed by atoms with E-state index < -0.39 is 0 Å². The van der Waals surface area contributed by atoms with Gasteiger partial charge in [-0.25, -0.2) is 0 Å². The molecule has 14 heavy (non-hydrogen) atoms. The normalized spacial score (nSPS) is 19.1. The van der Waals surface area contributed by atoms with E-state index in [1.54, 1.807) is 11.1 Å². The maximum Gasteiger partial charge on any atom is -0.0167 e. The Hall–Kier alpha value is 0.170. The summed E-state index contributed by atoms with van der Waals surface area (Å²) < 4.78 is 0. The van der Waals surface area contributed by atoms with E-state index in [9.17, 15) is 0 Å². The first-order valence-corrected chi connectivity index (χ1v) is 6.97. The molecular formula is C13H25P. The van der Waals surface area contributed by atoms with Gasteiger partial charge < -0.3 is 0 Å². The molecule has 0 aromatic carbocycles. The molecule has 0 amide bonds. The quantitative estimate of drug-likeness (QED) is 0.447. The molecule has 0 heterocycles. The molecule has 1 aliphatic rings. The van der Waals surface area contributed by atoms with E-state index in [0.29, 0.717) is 0 Å². The summed E-state index contributed by atoms with van der Waals surface area (Å²) in [4.78, 5) is 0. The second-order valence-corrected chi connectivity index (χ2v) is 5.08. The predicted octanol–water partition coefficient (Wildman–Crippen LogP) is 4.56. The van der Waals surface area contributed by atoms with E-state index >= 15 is 0 Å². The third-order valence-electron chi connectivity index (χ3n) is 3.55. The molecule has 0 bridgehead atoms. The summed E-state index contributed by atoms with van der Waals surface area (Å²) in [5, 5.41) is 0. The van der Waals surface area contributed by atoms with Crippen molar-refractivity contribution in [1.82, 2.24) is 0 Å². The van der Waals surface area contributed by atoms with Crippen molar-refractivity contribution in [3.8, 4) is 0 Å². The number of hydrogen-bond donors (Lipinski definition) is 0. The van der Waals surface area contributed by atoms with Crippen LogP contribution in [0.4, 0.5) is 0 Å². The minimum atomic E-state index is 1.07. The molecule has 0 spiro atoms. The van der Waals surface area contributed by atoms with Gasteiger partial charge >= 0.3 is 0 Å². The van der Waals surface area contributed by atoms with Crippen LogP contribution in [-0.2, 0) is 0 Å². The van der Waals surface area contributed by atoms with Crippen LogP contribution in [0.5, 0.6) is 0 Å². The Kier molecular flexibility index (Phi) is 5.78. The minimum absolute atomic E-state index is 1.07. The first-order chi connectivity index (χ1) is 6.77. The first kappa shape index (κ1) is 12.2. The van der Waals surface area contributed by atoms with Crippen molar-refractivity contribution in [2.75, 3.05) is 6.16 Å². The highest BCUT2D eigenvalue weighted by molar-refractivity contribution is 7.16. The zero-order chi connectivity index (χ0) is 10.4. The Bertz CT molecular complexity index is 189. The highest BCUT2D eigenvalue weighted by Crippen LogP contribution is 2.32. The van der Waals surface area contributed by atoms with E-state index in [-0.39, 0.29) is 0 Å². The van der Waals surface area contributed by atoms with Crippen molar-refractivity contribution in [1.29, 1.82) is 0 Å². The van der Waals surface area contributed by atoms with E-state index in [4.69, 9.17) is 0 Å². The van der Waals surface area contributed by atoms with Crippen LogP contribution in [0.2, 0.25) is 0 Å². The van der Waals surface area contributed by atoms with Gasteiger partial charge in [-0.15, -0.1) is 9.24 Å². The van der Waals surface area contributed by atoms with Crippen LogP contribution in [0.15, 0.2) is 11.1 Å². The summed E-state index contributed by atoms with van der Waals surface area (Å²) in [5.41, 5.74) is 3.37. The van der Waals surface area contributed by atoms with Gasteiger partial charge in [0.15, 0.2) is 0 Å². The maximum atomic E-state index is 2.89. The fourth-order valence-electron chi connectivity index (χ4n) is 2.20. The summed E-state index contributed by atoms with van der Waals surface area (Å²) in [6.07, 6.45) is 11.1. The molecule has 1 atom stereocenters. The van der Waals surface area contributed by atoms with Gasteiger partial charge in [0.05, 0.1) is 0 Å². The zero-order valence-electron chi connectivity index (χ0n) is 9.81. The smallest absolute Gasteiger partial charge is 0.0167 e. The molecule has 0 aromatic heterocycles. The predicted molar refractivity (Wildman–Crippen MR) is 68.8 cm³/mol. The Morgan fingerprint density at radius 3 is 2.43 bits per heavy atom. The molecule has 0 aromatic rings. The van der Waals surface area contributed by atoms with E-state index in [1.807, 2.05) is 0 Å². The molecule has 1 rings (SSSR count). The third kappa shape index (κ3) is 3.73. The largest absolute Gasteiger partial charge is 0.133 e. The van der Waals surface area contributed by atoms with Gasteiger partial charge in [0.25, 0.3) is 0 Å². The van der Waals surface area contributed by atoms with Crippen molar-refractivity contribution in [3.63, 3.8) is 0 Å². The van der Waals surface area contributed by atoms with E-state index in [0.717, 1.165) is 5.92 Å². The molecule has 1 aliphatic carbocycles. The fraction of sp³-hybridized carbons (Fsp3) is 0.846. The summed E-state index contributed by atoms with van der Waals surface area (Å²) in [6, 6.07) is 0. The Morgan fingerprint density at radius 1 is 1.29 bits per heavy atom. The molecule has 0 aliphatic heterocycles. The Balaban J connectivity index is 2.32. The monoisotopic (exact) mass is 212 g/mol. The maximum absolute atomic E-state index is 2.89. The lowest BCUT2D eigenvalue weighted by Crippen LogP contribution is -2.11. The lowest BCUT2D eigenvalue weighted by molar-refractivity contribution is 0.296. The molecule has 1 fully saturated rings. The SMILES string of the molecule is CCC/C(C)=C(/CP)CCC1CCC1. The second-order valence-electron chi connectivity index (χ2n) is 4.67. The van der Waals surface area contributed by atoms with Crippen LogP contribution in [0.3, 0.4) is 0 Å². The summed E-state index contributed by atoms with van der Waals surface area (Å²) in [7, 11) is 2.89. The zero-order valence-corrected chi connectivity index (χ0v) is 11.0. The molecule has 0 radical (unpaired) electrons. The summed E-state index contributed by atoms with van der Waals surface area (Å²) >= 11 is 0. The molecule has 0 saturated heterocycles. The van der Waals surface area contributed by atoms with Gasteiger partial charge in [-0.1, -0.05) is 43.8 Å². The van der Waals surface area contributed by atoms with Crippen LogP contribution >= 0.6 is 9.24 Å². The highest BCUT2D eigenvalue weighted by Gasteiger charge is 2.17. The molecule has 1 heteroatoms. The molecule has 0 nitrogen and oxygen atoms in total. The van der Waals surface area contributed by atoms with Crippen molar-refractivity contribution in [3.05, 3.63) is 11.1 Å². The van der Waals surface area contributed by atoms with Gasteiger partial charge in [-0.2, -0.15) is 0 Å². The van der Waals surface area contributed by atoms with E-state index in [2.05, 4.69) is 23.1 Å². The summed E-state index contributed by atoms with van der Waals surface area (Å²) in [5.74, 6) is 1.07. The van der Waals surface area contributed by atoms with Gasteiger partial charge in [-0.05, 0) is 38.3 Å². The first-order valence-electron chi connectivity index (χ1n) is 6.15. The van der Waals surface area contributed by atoms with E-state index in [1.165, 1.54) is 51.1 Å². The number of hydrogen-bond acceptors (Lipinski definition) is 0. The fourth-order valence-corrected chi connectivity index (χ4v) is 2.75. The minimum Gasteiger partial charge on any atom is -0.133 e. The van der Waals surface area contributed by atoms with Gasteiger partial charge in [-0.3, -0.25) is 0 Å². The molecule has 0 N–H and O–H groups in total.